The molecule has 0 radical (unpaired) electrons. The quantitative estimate of drug-likeness (QED) is 0.0234. The summed E-state index contributed by atoms with van der Waals surface area (Å²) in [5.41, 5.74) is 29.5. The lowest BCUT2D eigenvalue weighted by Gasteiger charge is -2.30. The minimum Gasteiger partial charge on any atom is -0.508 e. The maximum atomic E-state index is 14.6. The van der Waals surface area contributed by atoms with Crippen LogP contribution in [0.4, 0.5) is 0 Å². The number of nitrogens with two attached hydrogens (primary N) is 5. The van der Waals surface area contributed by atoms with Crippen LogP contribution in [0.1, 0.15) is 136 Å². The Balaban J connectivity index is 1.82. The summed E-state index contributed by atoms with van der Waals surface area (Å²) in [6, 6.07) is -2.37. The Labute approximate surface area is 620 Å². The summed E-state index contributed by atoms with van der Waals surface area (Å²) in [4.78, 5) is 205. The van der Waals surface area contributed by atoms with Crippen molar-refractivity contribution in [2.24, 2.45) is 40.5 Å². The molecule has 0 bridgehead atoms. The number of phenols is 1. The smallest absolute Gasteiger partial charge is 0.245 e. The van der Waals surface area contributed by atoms with Crippen LogP contribution in [0.25, 0.3) is 10.9 Å². The normalized spacial score (nSPS) is 14.5. The molecule has 37 nitrogen and oxygen atoms in total. The number of carbonyl (C=O) groups excluding carboxylic acids is 15. The number of nitrogens with one attached hydrogen (secondary N) is 14. The van der Waals surface area contributed by atoms with Gasteiger partial charge in [0, 0.05) is 36.4 Å². The van der Waals surface area contributed by atoms with Crippen molar-refractivity contribution in [3.63, 3.8) is 0 Å². The van der Waals surface area contributed by atoms with Gasteiger partial charge in [0.15, 0.2) is 0 Å². The van der Waals surface area contributed by atoms with E-state index >= 15 is 0 Å². The highest BCUT2D eigenvalue weighted by Gasteiger charge is 2.38. The van der Waals surface area contributed by atoms with Crippen molar-refractivity contribution < 1.29 is 87.2 Å². The van der Waals surface area contributed by atoms with Crippen molar-refractivity contribution >= 4 is 99.5 Å². The number of aromatic hydroxyl groups is 1. The summed E-state index contributed by atoms with van der Waals surface area (Å²) in [5.74, 6) is -14.0. The fourth-order valence-corrected chi connectivity index (χ4v) is 10.9. The average Bonchev–Trinajstić information content (AvgIpc) is 1.71. The molecule has 1 heterocycles. The van der Waals surface area contributed by atoms with Gasteiger partial charge in [0.1, 0.15) is 66.2 Å². The van der Waals surface area contributed by atoms with Crippen LogP contribution in [0.5, 0.6) is 5.75 Å². The molecule has 0 unspecified atom stereocenters. The van der Waals surface area contributed by atoms with Crippen LogP contribution in [-0.4, -0.2) is 221 Å². The van der Waals surface area contributed by atoms with E-state index in [1.54, 1.807) is 44.3 Å². The summed E-state index contributed by atoms with van der Waals surface area (Å²) < 4.78 is 0. The summed E-state index contributed by atoms with van der Waals surface area (Å²) >= 11 is 0. The second kappa shape index (κ2) is 48.0. The molecule has 0 spiro atoms. The number of para-hydroxylation sites is 1. The summed E-state index contributed by atoms with van der Waals surface area (Å²) in [6.45, 7) is 7.16. The molecule has 0 aliphatic rings. The van der Waals surface area contributed by atoms with Gasteiger partial charge in [-0.25, -0.2) is 0 Å². The maximum absolute atomic E-state index is 14.6. The number of unbranched alkanes of at least 4 members (excludes halogenated alkanes) is 2. The van der Waals surface area contributed by atoms with Crippen LogP contribution in [0.3, 0.4) is 0 Å². The predicted octanol–water partition coefficient (Wildman–Crippen LogP) is -5.52. The summed E-state index contributed by atoms with van der Waals surface area (Å²) in [5, 5.41) is 63.8. The van der Waals surface area contributed by atoms with E-state index in [2.05, 4.69) is 87.9 Å². The molecular weight excluding hydrogens is 1390 g/mol. The molecule has 12 atom stereocenters. The van der Waals surface area contributed by atoms with Crippen molar-refractivity contribution in [2.75, 3.05) is 45.9 Å². The first-order chi connectivity index (χ1) is 50.7. The number of aromatic nitrogens is 1. The Kier molecular flexibility index (Phi) is 40.7. The van der Waals surface area contributed by atoms with Crippen molar-refractivity contribution in [2.45, 2.75) is 204 Å². The monoisotopic (exact) mass is 1510 g/mol. The van der Waals surface area contributed by atoms with Crippen LogP contribution in [0.2, 0.25) is 0 Å². The first-order valence-electron chi connectivity index (χ1n) is 35.9. The van der Waals surface area contributed by atoms with Gasteiger partial charge in [-0.3, -0.25) is 71.9 Å². The lowest BCUT2D eigenvalue weighted by molar-refractivity contribution is -0.137. The van der Waals surface area contributed by atoms with E-state index in [9.17, 15) is 87.2 Å². The first kappa shape index (κ1) is 90.8. The number of phenolic OH excluding ortho intramolecular Hbond substituents is 1. The SMILES string of the molecule is CC[C@H](C)[C@H](NC(=O)[C@@H](NC(=O)[C@H](Cc1c[nH]c2ccccc12)NC(=O)[C@@H](CCCN)NC(=O)CNC(=O)[C@H](CCCN)NC(=O)[C@@H](CCCN)NC(=O)[C@@H](C)NC(=O)[C@@H](Cc1ccc(O)cc1)NC(=O)[C@@H](CO)NC(=O)CCCCCC(C)C)[C@@H](C)O)C(=O)N[C@@H](CC(N)=O)C(=O)NCC(=O)NCC(N)=O. The maximum Gasteiger partial charge on any atom is 0.245 e. The van der Waals surface area contributed by atoms with Gasteiger partial charge in [-0.05, 0) is 120 Å². The number of fused-ring (bicyclic) bond motifs is 1. The number of aliphatic hydroxyl groups excluding tert-OH is 2. The van der Waals surface area contributed by atoms with E-state index in [1.807, 2.05) is 0 Å². The van der Waals surface area contributed by atoms with Crippen molar-refractivity contribution in [1.29, 1.82) is 0 Å². The lowest BCUT2D eigenvalue weighted by Crippen LogP contribution is -2.62. The largest absolute Gasteiger partial charge is 0.508 e. The number of amides is 15. The minimum absolute atomic E-state index is 0.0212. The molecule has 1 aromatic heterocycles. The number of aromatic amines is 1. The Morgan fingerprint density at radius 2 is 0.935 bits per heavy atom. The molecule has 0 aliphatic carbocycles. The van der Waals surface area contributed by atoms with Gasteiger partial charge in [-0.2, -0.15) is 0 Å². The molecule has 594 valence electrons. The number of H-pyrrole nitrogens is 1. The predicted molar refractivity (Wildman–Crippen MR) is 392 cm³/mol. The van der Waals surface area contributed by atoms with Gasteiger partial charge in [0.05, 0.1) is 38.8 Å². The number of primary amides is 2. The molecule has 0 fully saturated rings. The topological polar surface area (TPSA) is 619 Å². The number of hydrogen-bond donors (Lipinski definition) is 22. The van der Waals surface area contributed by atoms with Crippen LogP contribution in [-0.2, 0) is 84.8 Å². The third-order valence-electron chi connectivity index (χ3n) is 17.2. The number of carbonyl (C=O) groups is 15. The molecular formula is C70H111N19O18. The molecule has 37 heteroatoms. The van der Waals surface area contributed by atoms with Gasteiger partial charge in [0.25, 0.3) is 0 Å². The number of rotatable bonds is 51. The van der Waals surface area contributed by atoms with Crippen LogP contribution in [0, 0.1) is 11.8 Å². The van der Waals surface area contributed by atoms with Crippen molar-refractivity contribution in [1.82, 2.24) is 74.1 Å². The third-order valence-corrected chi connectivity index (χ3v) is 17.2. The minimum atomic E-state index is -1.84. The Morgan fingerprint density at radius 1 is 0.449 bits per heavy atom. The molecule has 27 N–H and O–H groups in total. The molecule has 0 saturated heterocycles. The van der Waals surface area contributed by atoms with E-state index in [4.69, 9.17) is 28.7 Å². The van der Waals surface area contributed by atoms with E-state index in [1.165, 1.54) is 31.2 Å². The van der Waals surface area contributed by atoms with Gasteiger partial charge < -0.3 is 118 Å². The molecule has 0 aliphatic heterocycles. The first-order valence-corrected chi connectivity index (χ1v) is 35.9. The van der Waals surface area contributed by atoms with E-state index in [-0.39, 0.29) is 89.6 Å². The van der Waals surface area contributed by atoms with Crippen LogP contribution < -0.4 is 97.8 Å². The molecule has 3 rings (SSSR count). The van der Waals surface area contributed by atoms with E-state index in [0.717, 1.165) is 26.2 Å². The van der Waals surface area contributed by atoms with Gasteiger partial charge >= 0.3 is 0 Å². The highest BCUT2D eigenvalue weighted by atomic mass is 16.3. The second-order valence-electron chi connectivity index (χ2n) is 26.6. The standard InChI is InChI=1S/C70H111N19O18/c1-7-39(4)59(69(106)87-52(32-54(74)93)63(100)78-35-57(96)77-34-55(75)94)88-70(107)60(41(6)91)89-67(104)51(31-43-33-76-46-18-12-11-17-45(43)46)86-64(101)48(20-14-28-72)81-58(97)36-79-62(99)47(19-13-27-71)84-65(102)49(21-15-29-73)83-61(98)40(5)80-66(103)50(30-42-23-25-44(92)26-24-42)85-68(105)53(37-90)82-56(95)22-10-8-9-16-38(2)3/h11-12,17-18,23-26,33,38-41,47-53,59-60,76,90-92H,7-10,13-16,19-22,27-32,34-37,71-73H2,1-6H3,(H2,74,93)(H2,75,94)(H,77,96)(H,78,100)(H,79,99)(H,80,103)(H,81,97)(H,82,95)(H,83,98)(H,84,102)(H,85,105)(H,86,101)(H,87,106)(H,88,107)(H,89,104)/t39-,40+,41+,47-,48+,49+,50+,51-,52-,53+,59-,60-/m0/s1. The van der Waals surface area contributed by atoms with Crippen LogP contribution >= 0.6 is 0 Å². The Hall–Kier alpha value is -10.4. The zero-order chi connectivity index (χ0) is 79.9. The Bertz CT molecular complexity index is 3460. The van der Waals surface area contributed by atoms with Gasteiger partial charge in [0.2, 0.25) is 88.6 Å². The highest BCUT2D eigenvalue weighted by Crippen LogP contribution is 2.21. The Morgan fingerprint density at radius 3 is 1.50 bits per heavy atom. The fourth-order valence-electron chi connectivity index (χ4n) is 10.9. The molecule has 15 amide bonds. The van der Waals surface area contributed by atoms with Gasteiger partial charge in [-0.1, -0.05) is 83.7 Å². The average molecular weight is 1510 g/mol. The van der Waals surface area contributed by atoms with Crippen LogP contribution in [0.15, 0.2) is 54.7 Å². The fraction of sp³-hybridized carbons (Fsp3) is 0.586. The number of benzene rings is 2. The van der Waals surface area contributed by atoms with Crippen molar-refractivity contribution in [3.05, 3.63) is 65.9 Å². The summed E-state index contributed by atoms with van der Waals surface area (Å²) in [6.07, 6.45) is 2.46. The number of hydrogen-bond acceptors (Lipinski definition) is 21. The molecule has 2 aromatic carbocycles. The highest BCUT2D eigenvalue weighted by molar-refractivity contribution is 6.00. The molecule has 0 saturated carbocycles. The number of aliphatic hydroxyl groups is 2. The van der Waals surface area contributed by atoms with Crippen molar-refractivity contribution in [3.8, 4) is 5.75 Å². The lowest BCUT2D eigenvalue weighted by atomic mass is 9.96. The molecule has 107 heavy (non-hydrogen) atoms. The second-order valence-corrected chi connectivity index (χ2v) is 26.6. The van der Waals surface area contributed by atoms with E-state index < -0.39 is 194 Å². The summed E-state index contributed by atoms with van der Waals surface area (Å²) in [7, 11) is 0. The molecule has 3 aromatic rings. The zero-order valence-corrected chi connectivity index (χ0v) is 61.6. The third kappa shape index (κ3) is 33.3. The van der Waals surface area contributed by atoms with Gasteiger partial charge in [-0.15, -0.1) is 0 Å². The zero-order valence-electron chi connectivity index (χ0n) is 61.6. The van der Waals surface area contributed by atoms with E-state index in [0.29, 0.717) is 34.4 Å².